The molecule has 0 aromatic heterocycles. The lowest BCUT2D eigenvalue weighted by Crippen LogP contribution is -2.50. The van der Waals surface area contributed by atoms with Gasteiger partial charge in [-0.1, -0.05) is 39.8 Å². The summed E-state index contributed by atoms with van der Waals surface area (Å²) in [5, 5.41) is 19.3. The zero-order chi connectivity index (χ0) is 23.8. The lowest BCUT2D eigenvalue weighted by atomic mass is 9.54. The third kappa shape index (κ3) is 2.70. The van der Waals surface area contributed by atoms with Gasteiger partial charge >= 0.3 is 11.9 Å². The van der Waals surface area contributed by atoms with E-state index in [9.17, 15) is 39.0 Å². The van der Waals surface area contributed by atoms with Crippen molar-refractivity contribution < 1.29 is 39.0 Å². The number of carboxylic acids is 2. The molecule has 5 rings (SSSR count). The molecule has 0 radical (unpaired) electrons. The second-order valence-corrected chi connectivity index (χ2v) is 9.79. The van der Waals surface area contributed by atoms with Crippen molar-refractivity contribution in [3.63, 3.8) is 0 Å². The number of carbonyl (C=O) groups is 6. The Balaban J connectivity index is 1.75. The van der Waals surface area contributed by atoms with Crippen molar-refractivity contribution in [3.05, 3.63) is 12.2 Å². The molecule has 0 aromatic rings. The first-order chi connectivity index (χ1) is 14.9. The molecular weight excluding hydrogens is 420 g/mol. The van der Waals surface area contributed by atoms with Gasteiger partial charge in [-0.3, -0.25) is 29.0 Å². The van der Waals surface area contributed by atoms with Crippen molar-refractivity contribution in [1.82, 2.24) is 9.80 Å². The summed E-state index contributed by atoms with van der Waals surface area (Å²) in [5.41, 5.74) is 0. The van der Waals surface area contributed by atoms with E-state index in [1.807, 2.05) is 0 Å². The van der Waals surface area contributed by atoms with Crippen LogP contribution in [0.3, 0.4) is 0 Å². The minimum atomic E-state index is -1.33. The number of imide groups is 2. The van der Waals surface area contributed by atoms with Crippen LogP contribution in [0.2, 0.25) is 0 Å². The third-order valence-corrected chi connectivity index (χ3v) is 7.40. The highest BCUT2D eigenvalue weighted by Crippen LogP contribution is 2.58. The van der Waals surface area contributed by atoms with Gasteiger partial charge in [0.25, 0.3) is 0 Å². The van der Waals surface area contributed by atoms with Crippen LogP contribution in [0.5, 0.6) is 0 Å². The molecule has 6 atom stereocenters. The topological polar surface area (TPSA) is 149 Å². The number of aliphatic carboxylic acids is 2. The number of rotatable bonds is 6. The Morgan fingerprint density at radius 2 is 0.906 bits per heavy atom. The minimum absolute atomic E-state index is 0.521. The molecule has 2 saturated heterocycles. The predicted molar refractivity (Wildman–Crippen MR) is 106 cm³/mol. The van der Waals surface area contributed by atoms with Crippen molar-refractivity contribution in [3.8, 4) is 0 Å². The average molecular weight is 446 g/mol. The highest BCUT2D eigenvalue weighted by molar-refractivity contribution is 6.13. The summed E-state index contributed by atoms with van der Waals surface area (Å²) in [4.78, 5) is 78.5. The van der Waals surface area contributed by atoms with E-state index in [0.717, 1.165) is 9.80 Å². The average Bonchev–Trinajstić information content (AvgIpc) is 3.11. The van der Waals surface area contributed by atoms with E-state index >= 15 is 0 Å². The molecule has 5 aliphatic rings. The number of likely N-dealkylation sites (tertiary alicyclic amines) is 2. The van der Waals surface area contributed by atoms with Gasteiger partial charge in [0.15, 0.2) is 0 Å². The summed E-state index contributed by atoms with van der Waals surface area (Å²) in [5.74, 6) is -11.4. The van der Waals surface area contributed by atoms with Crippen LogP contribution in [0.1, 0.15) is 27.7 Å². The first kappa shape index (κ1) is 22.2. The van der Waals surface area contributed by atoms with Crippen molar-refractivity contribution in [2.45, 2.75) is 39.8 Å². The Morgan fingerprint density at radius 3 is 1.09 bits per heavy atom. The van der Waals surface area contributed by atoms with Gasteiger partial charge < -0.3 is 10.2 Å². The molecule has 10 heteroatoms. The Labute approximate surface area is 184 Å². The normalized spacial score (nSPS) is 35.1. The molecule has 4 amide bonds. The summed E-state index contributed by atoms with van der Waals surface area (Å²) in [6, 6.07) is -2.67. The molecule has 0 spiro atoms. The first-order valence-electron chi connectivity index (χ1n) is 10.8. The molecule has 2 aliphatic heterocycles. The van der Waals surface area contributed by atoms with Crippen molar-refractivity contribution >= 4 is 35.6 Å². The summed E-state index contributed by atoms with van der Waals surface area (Å²) in [6.07, 6.45) is 3.32. The highest BCUT2D eigenvalue weighted by Gasteiger charge is 2.70. The maximum atomic E-state index is 13.3. The molecule has 172 valence electrons. The fraction of sp³-hybridized carbons (Fsp3) is 0.636. The van der Waals surface area contributed by atoms with Gasteiger partial charge in [0, 0.05) is 11.8 Å². The Morgan fingerprint density at radius 1 is 0.656 bits per heavy atom. The predicted octanol–water partition coefficient (Wildman–Crippen LogP) is 0.223. The molecule has 2 bridgehead atoms. The van der Waals surface area contributed by atoms with Gasteiger partial charge in [0.05, 0.1) is 23.7 Å². The molecule has 10 nitrogen and oxygen atoms in total. The smallest absolute Gasteiger partial charge is 0.327 e. The van der Waals surface area contributed by atoms with Crippen LogP contribution in [0.4, 0.5) is 0 Å². The molecule has 1 saturated carbocycles. The van der Waals surface area contributed by atoms with Crippen LogP contribution in [-0.2, 0) is 28.8 Å². The largest absolute Gasteiger partial charge is 0.480 e. The Hall–Kier alpha value is -3.04. The number of carboxylic acid groups (broad SMARTS) is 2. The maximum Gasteiger partial charge on any atom is 0.327 e. The fourth-order valence-corrected chi connectivity index (χ4v) is 6.21. The molecule has 3 aliphatic carbocycles. The Bertz CT molecular complexity index is 849. The standard InChI is InChI=1S/C22H26N2O8/c1-7(2)15(21(29)30)23-17(25)11-9-5-6-10(12(11)18(23)26)14-13(9)19(27)24(20(14)28)16(8(3)4)22(31)32/h5-16H,1-4H3,(H,29,30)(H,31,32). The van der Waals surface area contributed by atoms with Gasteiger partial charge in [0.1, 0.15) is 12.1 Å². The van der Waals surface area contributed by atoms with E-state index in [-0.39, 0.29) is 0 Å². The van der Waals surface area contributed by atoms with Gasteiger partial charge in [-0.2, -0.15) is 0 Å². The van der Waals surface area contributed by atoms with Crippen LogP contribution in [0.15, 0.2) is 12.2 Å². The number of hydrogen-bond donors (Lipinski definition) is 2. The second-order valence-electron chi connectivity index (χ2n) is 9.79. The number of amides is 4. The van der Waals surface area contributed by atoms with Crippen LogP contribution in [-0.4, -0.2) is 67.7 Å². The molecule has 2 heterocycles. The lowest BCUT2D eigenvalue weighted by molar-refractivity contribution is -0.158. The van der Waals surface area contributed by atoms with Crippen LogP contribution in [0.25, 0.3) is 0 Å². The van der Waals surface area contributed by atoms with E-state index in [4.69, 9.17) is 0 Å². The van der Waals surface area contributed by atoms with Crippen LogP contribution >= 0.6 is 0 Å². The number of allylic oxidation sites excluding steroid dienone is 2. The summed E-state index contributed by atoms with van der Waals surface area (Å²) < 4.78 is 0. The van der Waals surface area contributed by atoms with E-state index in [0.29, 0.717) is 0 Å². The Kier molecular flexibility index (Phi) is 5.02. The quantitative estimate of drug-likeness (QED) is 0.435. The molecular formula is C22H26N2O8. The number of carbonyl (C=O) groups excluding carboxylic acids is 4. The monoisotopic (exact) mass is 446 g/mol. The minimum Gasteiger partial charge on any atom is -0.480 e. The highest BCUT2D eigenvalue weighted by atomic mass is 16.4. The van der Waals surface area contributed by atoms with Crippen molar-refractivity contribution in [2.24, 2.45) is 47.3 Å². The van der Waals surface area contributed by atoms with E-state index in [2.05, 4.69) is 0 Å². The van der Waals surface area contributed by atoms with Gasteiger partial charge in [-0.15, -0.1) is 0 Å². The van der Waals surface area contributed by atoms with Crippen molar-refractivity contribution in [2.75, 3.05) is 0 Å². The van der Waals surface area contributed by atoms with Crippen LogP contribution < -0.4 is 0 Å². The molecule has 6 unspecified atom stereocenters. The lowest BCUT2D eigenvalue weighted by Gasteiger charge is -2.44. The van der Waals surface area contributed by atoms with Crippen LogP contribution in [0, 0.1) is 47.3 Å². The van der Waals surface area contributed by atoms with Crippen molar-refractivity contribution in [1.29, 1.82) is 0 Å². The summed E-state index contributed by atoms with van der Waals surface area (Å²) >= 11 is 0. The molecule has 0 aromatic carbocycles. The number of nitrogens with zero attached hydrogens (tertiary/aromatic N) is 2. The molecule has 3 fully saturated rings. The fourth-order valence-electron chi connectivity index (χ4n) is 6.21. The van der Waals surface area contributed by atoms with E-state index < -0.39 is 95.0 Å². The second kappa shape index (κ2) is 7.25. The van der Waals surface area contributed by atoms with E-state index in [1.54, 1.807) is 39.8 Å². The number of hydrogen-bond acceptors (Lipinski definition) is 6. The molecule has 32 heavy (non-hydrogen) atoms. The summed E-state index contributed by atoms with van der Waals surface area (Å²) in [6.45, 7) is 6.41. The van der Waals surface area contributed by atoms with Gasteiger partial charge in [0.2, 0.25) is 23.6 Å². The molecule has 2 N–H and O–H groups in total. The first-order valence-corrected chi connectivity index (χ1v) is 10.8. The maximum absolute atomic E-state index is 13.3. The van der Waals surface area contributed by atoms with Gasteiger partial charge in [-0.05, 0) is 11.8 Å². The zero-order valence-electron chi connectivity index (χ0n) is 18.2. The SMILES string of the molecule is CC(C)C(C(=O)O)N1C(=O)C2C3C=CC(C2C1=O)C1C(=O)N(C(C(=O)O)C(C)C)C(=O)C31. The summed E-state index contributed by atoms with van der Waals surface area (Å²) in [7, 11) is 0. The van der Waals surface area contributed by atoms with Gasteiger partial charge in [-0.25, -0.2) is 9.59 Å². The third-order valence-electron chi connectivity index (χ3n) is 7.40. The zero-order valence-corrected chi connectivity index (χ0v) is 18.2. The van der Waals surface area contributed by atoms with E-state index in [1.165, 1.54) is 0 Å².